The predicted molar refractivity (Wildman–Crippen MR) is 220 cm³/mol. The molecule has 0 atom stereocenters. The Morgan fingerprint density at radius 2 is 0.509 bits per heavy atom. The van der Waals surface area contributed by atoms with Crippen molar-refractivity contribution in [1.82, 2.24) is 0 Å². The monoisotopic (exact) mass is 888 g/mol. The van der Waals surface area contributed by atoms with Gasteiger partial charge < -0.3 is 37.9 Å². The Balaban J connectivity index is 5.99. The van der Waals surface area contributed by atoms with E-state index in [0.29, 0.717) is 0 Å². The molecular weight excluding hydrogens is 829 g/mol. The molecule has 0 aromatic heterocycles. The minimum atomic E-state index is -1.64. The first-order valence-corrected chi connectivity index (χ1v) is 22.0. The SMILES string of the molecule is CC(C)(C)OC(=O)SCCC(=O)OCC(COC(=O)CCSC(=O)OC(C)(C)C)(COC(=O)CCSC(=O)OC(C)(C)C)COC(=O)CCSC(=O)OC(C)(C)C. The molecule has 0 N–H and O–H groups in total. The van der Waals surface area contributed by atoms with Crippen LogP contribution in [-0.2, 0) is 57.1 Å². The number of carbonyl (C=O) groups excluding carboxylic acids is 8. The first kappa shape index (κ1) is 54.2. The quantitative estimate of drug-likeness (QED) is 0.0830. The second-order valence-electron chi connectivity index (χ2n) is 16.4. The first-order valence-electron chi connectivity index (χ1n) is 18.0. The summed E-state index contributed by atoms with van der Waals surface area (Å²) in [6.45, 7) is 18.1. The molecule has 0 saturated heterocycles. The van der Waals surface area contributed by atoms with Crippen LogP contribution in [0.4, 0.5) is 19.2 Å². The minimum Gasteiger partial charge on any atom is -0.465 e. The maximum Gasteiger partial charge on any atom is 0.367 e. The van der Waals surface area contributed by atoms with Crippen molar-refractivity contribution in [3.05, 3.63) is 0 Å². The van der Waals surface area contributed by atoms with Crippen LogP contribution in [0, 0.1) is 5.41 Å². The molecule has 0 fully saturated rings. The molecule has 0 radical (unpaired) electrons. The van der Waals surface area contributed by atoms with E-state index in [0.717, 1.165) is 47.0 Å². The number of esters is 4. The molecule has 0 rings (SSSR count). The van der Waals surface area contributed by atoms with Crippen LogP contribution in [0.3, 0.4) is 0 Å². The molecule has 20 heteroatoms. The Hall–Kier alpha value is -2.84. The van der Waals surface area contributed by atoms with Crippen LogP contribution in [0.15, 0.2) is 0 Å². The fourth-order valence-electron chi connectivity index (χ4n) is 3.46. The lowest BCUT2D eigenvalue weighted by atomic mass is 9.92. The van der Waals surface area contributed by atoms with Crippen LogP contribution in [-0.4, -0.2) is 117 Å². The van der Waals surface area contributed by atoms with Gasteiger partial charge in [0.05, 0.1) is 25.7 Å². The zero-order chi connectivity index (χ0) is 44.1. The van der Waals surface area contributed by atoms with Crippen molar-refractivity contribution >= 4 is 92.1 Å². The van der Waals surface area contributed by atoms with Crippen molar-refractivity contribution in [2.75, 3.05) is 49.4 Å². The van der Waals surface area contributed by atoms with Crippen LogP contribution >= 0.6 is 47.0 Å². The van der Waals surface area contributed by atoms with Crippen molar-refractivity contribution in [2.24, 2.45) is 5.41 Å². The van der Waals surface area contributed by atoms with Crippen molar-refractivity contribution in [2.45, 2.75) is 131 Å². The van der Waals surface area contributed by atoms with Gasteiger partial charge in [-0.3, -0.25) is 19.2 Å². The summed E-state index contributed by atoms with van der Waals surface area (Å²) in [5, 5.41) is -2.35. The third kappa shape index (κ3) is 32.8. The molecule has 0 saturated carbocycles. The Labute approximate surface area is 353 Å². The topological polar surface area (TPSA) is 210 Å². The number of rotatable bonds is 20. The summed E-state index contributed by atoms with van der Waals surface area (Å²) < 4.78 is 42.9. The van der Waals surface area contributed by atoms with Crippen LogP contribution in [0.2, 0.25) is 0 Å². The van der Waals surface area contributed by atoms with Crippen LogP contribution in [0.25, 0.3) is 0 Å². The maximum atomic E-state index is 12.8. The normalized spacial score (nSPS) is 12.1. The molecule has 0 heterocycles. The van der Waals surface area contributed by atoms with Crippen molar-refractivity contribution < 1.29 is 76.3 Å². The molecule has 0 spiro atoms. The minimum absolute atomic E-state index is 0.0135. The Morgan fingerprint density at radius 1 is 0.333 bits per heavy atom. The van der Waals surface area contributed by atoms with E-state index in [2.05, 4.69) is 0 Å². The van der Waals surface area contributed by atoms with E-state index in [4.69, 9.17) is 37.9 Å². The van der Waals surface area contributed by atoms with E-state index in [-0.39, 0.29) is 48.7 Å². The van der Waals surface area contributed by atoms with Crippen molar-refractivity contribution in [3.8, 4) is 0 Å². The fourth-order valence-corrected chi connectivity index (χ4v) is 6.44. The molecule has 0 aromatic rings. The van der Waals surface area contributed by atoms with Crippen LogP contribution in [0.1, 0.15) is 109 Å². The van der Waals surface area contributed by atoms with E-state index in [1.54, 1.807) is 83.1 Å². The van der Waals surface area contributed by atoms with Crippen molar-refractivity contribution in [1.29, 1.82) is 0 Å². The van der Waals surface area contributed by atoms with Gasteiger partial charge in [0.15, 0.2) is 0 Å². The van der Waals surface area contributed by atoms with Gasteiger partial charge in [-0.15, -0.1) is 0 Å². The Kier molecular flexibility index (Phi) is 24.3. The van der Waals surface area contributed by atoms with Crippen LogP contribution < -0.4 is 0 Å². The summed E-state index contributed by atoms with van der Waals surface area (Å²) in [4.78, 5) is 99.7. The zero-order valence-electron chi connectivity index (χ0n) is 35.2. The third-order valence-electron chi connectivity index (χ3n) is 5.82. The van der Waals surface area contributed by atoms with Gasteiger partial charge in [0.25, 0.3) is 0 Å². The van der Waals surface area contributed by atoms with E-state index in [1.807, 2.05) is 0 Å². The van der Waals surface area contributed by atoms with E-state index in [9.17, 15) is 38.4 Å². The number of hydrogen-bond donors (Lipinski definition) is 0. The lowest BCUT2D eigenvalue weighted by Gasteiger charge is -2.31. The summed E-state index contributed by atoms with van der Waals surface area (Å²) in [6, 6.07) is 0. The first-order chi connectivity index (χ1) is 26.0. The largest absolute Gasteiger partial charge is 0.465 e. The molecule has 0 bridgehead atoms. The highest BCUT2D eigenvalue weighted by Crippen LogP contribution is 2.25. The fraction of sp³-hybridized carbons (Fsp3) is 0.784. The van der Waals surface area contributed by atoms with Gasteiger partial charge in [-0.05, 0) is 130 Å². The lowest BCUT2D eigenvalue weighted by Crippen LogP contribution is -2.44. The summed E-state index contributed by atoms with van der Waals surface area (Å²) >= 11 is 3.08. The Bertz CT molecular complexity index is 1150. The molecular formula is C37H60O16S4. The predicted octanol–water partition coefficient (Wildman–Crippen LogP) is 8.38. The highest BCUT2D eigenvalue weighted by atomic mass is 32.2. The van der Waals surface area contributed by atoms with Gasteiger partial charge in [-0.1, -0.05) is 0 Å². The van der Waals surface area contributed by atoms with Gasteiger partial charge in [0.2, 0.25) is 0 Å². The van der Waals surface area contributed by atoms with Gasteiger partial charge in [-0.25, -0.2) is 19.2 Å². The number of ether oxygens (including phenoxy) is 8. The molecule has 328 valence electrons. The van der Waals surface area contributed by atoms with Gasteiger partial charge in [-0.2, -0.15) is 0 Å². The molecule has 0 unspecified atom stereocenters. The zero-order valence-corrected chi connectivity index (χ0v) is 38.4. The molecule has 0 amide bonds. The molecule has 0 aliphatic heterocycles. The summed E-state index contributed by atoms with van der Waals surface area (Å²) in [7, 11) is 0. The second kappa shape index (κ2) is 25.6. The Morgan fingerprint density at radius 3 is 0.667 bits per heavy atom. The molecule has 0 aromatic carbocycles. The van der Waals surface area contributed by atoms with Crippen LogP contribution in [0.5, 0.6) is 0 Å². The van der Waals surface area contributed by atoms with E-state index < -0.39 is 99.3 Å². The molecule has 0 aliphatic carbocycles. The number of carbonyl (C=O) groups is 8. The molecule has 0 aliphatic rings. The average molecular weight is 889 g/mol. The molecule has 57 heavy (non-hydrogen) atoms. The highest BCUT2D eigenvalue weighted by Gasteiger charge is 2.38. The van der Waals surface area contributed by atoms with E-state index in [1.165, 1.54) is 0 Å². The summed E-state index contributed by atoms with van der Waals surface area (Å²) in [5.74, 6) is -3.02. The van der Waals surface area contributed by atoms with Gasteiger partial charge >= 0.3 is 45.1 Å². The number of thioether (sulfide) groups is 4. The average Bonchev–Trinajstić information content (AvgIpc) is 3.00. The van der Waals surface area contributed by atoms with Gasteiger partial charge in [0, 0.05) is 23.0 Å². The maximum absolute atomic E-state index is 12.8. The van der Waals surface area contributed by atoms with Gasteiger partial charge in [0.1, 0.15) is 54.2 Å². The summed E-state index contributed by atoms with van der Waals surface area (Å²) in [6.07, 6.45) is -0.925. The van der Waals surface area contributed by atoms with E-state index >= 15 is 0 Å². The standard InChI is InChI=1S/C37H60O16S4/c1-33(2,3)50-29(42)54-17-13-25(38)46-21-37(22-47-26(39)14-18-55-30(43)51-34(4,5)6,23-48-27(40)15-19-56-31(44)52-35(7,8)9)24-49-28(41)16-20-57-32(45)53-36(10,11)12/h13-24H2,1-12H3. The highest BCUT2D eigenvalue weighted by molar-refractivity contribution is 8.14. The molecule has 16 nitrogen and oxygen atoms in total. The number of hydrogen-bond acceptors (Lipinski definition) is 20. The summed E-state index contributed by atoms with van der Waals surface area (Å²) in [5.41, 5.74) is -4.55. The van der Waals surface area contributed by atoms with Crippen molar-refractivity contribution in [3.63, 3.8) is 0 Å². The third-order valence-corrected chi connectivity index (χ3v) is 8.73. The lowest BCUT2D eigenvalue weighted by molar-refractivity contribution is -0.170. The second-order valence-corrected chi connectivity index (χ2v) is 20.5. The smallest absolute Gasteiger partial charge is 0.367 e.